The summed E-state index contributed by atoms with van der Waals surface area (Å²) < 4.78 is 12.9. The average Bonchev–Trinajstić information content (AvgIpc) is 2.07. The van der Waals surface area contributed by atoms with E-state index in [0.717, 1.165) is 6.54 Å². The molecule has 1 aromatic rings. The molecule has 1 aromatic carbocycles. The largest absolute Gasteiger partial charge is 0.395 e. The Hall–Kier alpha value is -1.25. The van der Waals surface area contributed by atoms with Crippen LogP contribution in [0.2, 0.25) is 0 Å². The smallest absolute Gasteiger partial charge is 0.148 e. The molecule has 3 N–H and O–H groups in total. The molecule has 3 heteroatoms. The number of benzene rings is 1. The van der Waals surface area contributed by atoms with E-state index in [1.165, 1.54) is 6.07 Å². The van der Waals surface area contributed by atoms with E-state index >= 15 is 0 Å². The molecule has 0 spiro atoms. The highest BCUT2D eigenvalue weighted by Gasteiger charge is 2.03. The summed E-state index contributed by atoms with van der Waals surface area (Å²) in [6.07, 6.45) is 0. The lowest BCUT2D eigenvalue weighted by Crippen LogP contribution is -2.10. The Morgan fingerprint density at radius 3 is 2.77 bits per heavy atom. The standard InChI is InChI=1S/C10H15FN2/c1-7(2)6-13-9-5-3-4-8(11)10(9)12/h3-5,7,13H,6,12H2,1-2H3. The minimum atomic E-state index is -0.367. The Balaban J connectivity index is 2.71. The molecule has 1 rings (SSSR count). The van der Waals surface area contributed by atoms with Gasteiger partial charge in [-0.15, -0.1) is 0 Å². The van der Waals surface area contributed by atoms with Gasteiger partial charge >= 0.3 is 0 Å². The van der Waals surface area contributed by atoms with Gasteiger partial charge in [0.25, 0.3) is 0 Å². The van der Waals surface area contributed by atoms with E-state index in [4.69, 9.17) is 5.73 Å². The Morgan fingerprint density at radius 2 is 2.15 bits per heavy atom. The first-order valence-electron chi connectivity index (χ1n) is 4.39. The summed E-state index contributed by atoms with van der Waals surface area (Å²) in [5.41, 5.74) is 6.40. The van der Waals surface area contributed by atoms with Crippen LogP contribution in [0.1, 0.15) is 13.8 Å². The van der Waals surface area contributed by atoms with Crippen LogP contribution in [0.4, 0.5) is 15.8 Å². The number of para-hydroxylation sites is 1. The highest BCUT2D eigenvalue weighted by Crippen LogP contribution is 2.21. The van der Waals surface area contributed by atoms with Crippen molar-refractivity contribution in [3.63, 3.8) is 0 Å². The lowest BCUT2D eigenvalue weighted by Gasteiger charge is -2.11. The summed E-state index contributed by atoms with van der Waals surface area (Å²) in [5.74, 6) is 0.149. The molecule has 0 aliphatic rings. The quantitative estimate of drug-likeness (QED) is 0.705. The second-order valence-corrected chi connectivity index (χ2v) is 3.48. The van der Waals surface area contributed by atoms with Crippen LogP contribution in [0, 0.1) is 11.7 Å². The minimum absolute atomic E-state index is 0.197. The van der Waals surface area contributed by atoms with Gasteiger partial charge in [0.15, 0.2) is 0 Å². The third kappa shape index (κ3) is 2.61. The van der Waals surface area contributed by atoms with Crippen LogP contribution in [-0.4, -0.2) is 6.54 Å². The van der Waals surface area contributed by atoms with Gasteiger partial charge in [-0.25, -0.2) is 4.39 Å². The maximum Gasteiger partial charge on any atom is 0.148 e. The van der Waals surface area contributed by atoms with Gasteiger partial charge in [-0.3, -0.25) is 0 Å². The van der Waals surface area contributed by atoms with Crippen molar-refractivity contribution >= 4 is 11.4 Å². The number of nitrogens with one attached hydrogen (secondary N) is 1. The molecular weight excluding hydrogens is 167 g/mol. The van der Waals surface area contributed by atoms with E-state index in [0.29, 0.717) is 11.6 Å². The predicted octanol–water partition coefficient (Wildman–Crippen LogP) is 2.48. The van der Waals surface area contributed by atoms with E-state index in [1.807, 2.05) is 0 Å². The molecule has 0 amide bonds. The first-order valence-corrected chi connectivity index (χ1v) is 4.39. The van der Waals surface area contributed by atoms with Crippen molar-refractivity contribution in [3.8, 4) is 0 Å². The Labute approximate surface area is 77.9 Å². The van der Waals surface area contributed by atoms with Gasteiger partial charge in [-0.05, 0) is 18.1 Å². The van der Waals surface area contributed by atoms with Gasteiger partial charge in [-0.2, -0.15) is 0 Å². The van der Waals surface area contributed by atoms with E-state index in [9.17, 15) is 4.39 Å². The molecule has 0 aromatic heterocycles. The summed E-state index contributed by atoms with van der Waals surface area (Å²) in [6.45, 7) is 4.97. The minimum Gasteiger partial charge on any atom is -0.395 e. The lowest BCUT2D eigenvalue weighted by atomic mass is 10.2. The first kappa shape index (κ1) is 9.84. The van der Waals surface area contributed by atoms with Gasteiger partial charge in [0.2, 0.25) is 0 Å². The van der Waals surface area contributed by atoms with E-state index in [-0.39, 0.29) is 11.5 Å². The van der Waals surface area contributed by atoms with Crippen molar-refractivity contribution in [1.82, 2.24) is 0 Å². The third-order valence-electron chi connectivity index (χ3n) is 1.75. The number of anilines is 2. The van der Waals surface area contributed by atoms with Crippen LogP contribution in [0.3, 0.4) is 0 Å². The molecule has 0 saturated heterocycles. The van der Waals surface area contributed by atoms with Gasteiger partial charge in [-0.1, -0.05) is 19.9 Å². The summed E-state index contributed by atoms with van der Waals surface area (Å²) in [5, 5.41) is 3.09. The van der Waals surface area contributed by atoms with Crippen LogP contribution in [-0.2, 0) is 0 Å². The fraction of sp³-hybridized carbons (Fsp3) is 0.400. The number of rotatable bonds is 3. The van der Waals surface area contributed by atoms with Crippen LogP contribution in [0.5, 0.6) is 0 Å². The van der Waals surface area contributed by atoms with Crippen LogP contribution in [0.15, 0.2) is 18.2 Å². The van der Waals surface area contributed by atoms with Crippen molar-refractivity contribution in [3.05, 3.63) is 24.0 Å². The fourth-order valence-electron chi connectivity index (χ4n) is 1.01. The van der Waals surface area contributed by atoms with Crippen molar-refractivity contribution in [2.24, 2.45) is 5.92 Å². The molecule has 0 unspecified atom stereocenters. The molecule has 0 heterocycles. The summed E-state index contributed by atoms with van der Waals surface area (Å²) in [6, 6.07) is 4.78. The second-order valence-electron chi connectivity index (χ2n) is 3.48. The zero-order chi connectivity index (χ0) is 9.84. The lowest BCUT2D eigenvalue weighted by molar-refractivity contribution is 0.632. The van der Waals surface area contributed by atoms with Gasteiger partial charge in [0.05, 0.1) is 11.4 Å². The Bertz CT molecular complexity index is 284. The molecule has 0 bridgehead atoms. The summed E-state index contributed by atoms with van der Waals surface area (Å²) in [4.78, 5) is 0. The zero-order valence-corrected chi connectivity index (χ0v) is 7.97. The van der Waals surface area contributed by atoms with Crippen molar-refractivity contribution in [2.75, 3.05) is 17.6 Å². The Kier molecular flexibility index (Phi) is 3.12. The molecule has 0 atom stereocenters. The molecule has 0 saturated carbocycles. The zero-order valence-electron chi connectivity index (χ0n) is 7.97. The molecule has 0 aliphatic heterocycles. The average molecular weight is 182 g/mol. The summed E-state index contributed by atoms with van der Waals surface area (Å²) >= 11 is 0. The normalized spacial score (nSPS) is 10.5. The maximum atomic E-state index is 12.9. The molecular formula is C10H15FN2. The van der Waals surface area contributed by atoms with Crippen LogP contribution in [0.25, 0.3) is 0 Å². The number of hydrogen-bond donors (Lipinski definition) is 2. The maximum absolute atomic E-state index is 12.9. The first-order chi connectivity index (χ1) is 6.11. The van der Waals surface area contributed by atoms with Crippen molar-refractivity contribution in [1.29, 1.82) is 0 Å². The SMILES string of the molecule is CC(C)CNc1cccc(F)c1N. The second kappa shape index (κ2) is 4.12. The molecule has 0 radical (unpaired) electrons. The third-order valence-corrected chi connectivity index (χ3v) is 1.75. The van der Waals surface area contributed by atoms with E-state index < -0.39 is 0 Å². The number of nitrogen functional groups attached to an aromatic ring is 1. The van der Waals surface area contributed by atoms with E-state index in [2.05, 4.69) is 19.2 Å². The number of halogens is 1. The molecule has 0 fully saturated rings. The number of nitrogens with two attached hydrogens (primary N) is 1. The summed E-state index contributed by atoms with van der Waals surface area (Å²) in [7, 11) is 0. The molecule has 2 nitrogen and oxygen atoms in total. The monoisotopic (exact) mass is 182 g/mol. The Morgan fingerprint density at radius 1 is 1.46 bits per heavy atom. The van der Waals surface area contributed by atoms with Gasteiger partial charge in [0, 0.05) is 6.54 Å². The topological polar surface area (TPSA) is 38.0 Å². The van der Waals surface area contributed by atoms with Crippen molar-refractivity contribution < 1.29 is 4.39 Å². The van der Waals surface area contributed by atoms with Crippen LogP contribution >= 0.6 is 0 Å². The van der Waals surface area contributed by atoms with Gasteiger partial charge in [0.1, 0.15) is 5.82 Å². The van der Waals surface area contributed by atoms with Crippen molar-refractivity contribution in [2.45, 2.75) is 13.8 Å². The van der Waals surface area contributed by atoms with E-state index in [1.54, 1.807) is 12.1 Å². The fourth-order valence-corrected chi connectivity index (χ4v) is 1.01. The predicted molar refractivity (Wildman–Crippen MR) is 54.1 cm³/mol. The highest BCUT2D eigenvalue weighted by molar-refractivity contribution is 5.66. The molecule has 0 aliphatic carbocycles. The number of hydrogen-bond acceptors (Lipinski definition) is 2. The van der Waals surface area contributed by atoms with Gasteiger partial charge < -0.3 is 11.1 Å². The highest BCUT2D eigenvalue weighted by atomic mass is 19.1. The van der Waals surface area contributed by atoms with Crippen LogP contribution < -0.4 is 11.1 Å². The molecule has 72 valence electrons. The molecule has 13 heavy (non-hydrogen) atoms.